The van der Waals surface area contributed by atoms with Gasteiger partial charge in [0, 0.05) is 41.2 Å². The van der Waals surface area contributed by atoms with E-state index in [9.17, 15) is 8.42 Å². The van der Waals surface area contributed by atoms with E-state index < -0.39 is 9.84 Å². The number of fused-ring (bicyclic) bond motifs is 2. The van der Waals surface area contributed by atoms with Crippen LogP contribution < -0.4 is 5.32 Å². The Labute approximate surface area is 186 Å². The van der Waals surface area contributed by atoms with Crippen LogP contribution in [0.3, 0.4) is 0 Å². The molecule has 0 radical (unpaired) electrons. The number of hydrogen-bond acceptors (Lipinski definition) is 5. The Balaban J connectivity index is 1.55. The molecule has 0 amide bonds. The summed E-state index contributed by atoms with van der Waals surface area (Å²) in [6.45, 7) is 0.584. The molecular weight excluding hydrogens is 420 g/mol. The highest BCUT2D eigenvalue weighted by Crippen LogP contribution is 2.32. The van der Waals surface area contributed by atoms with Crippen molar-refractivity contribution >= 4 is 37.5 Å². The number of nitrogens with zero attached hydrogens (tertiary/aromatic N) is 2. The molecule has 32 heavy (non-hydrogen) atoms. The van der Waals surface area contributed by atoms with Gasteiger partial charge in [-0.1, -0.05) is 48.5 Å². The standard InChI is InChI=1S/C25H22N4O2S/c1-32(30,31)18-11-12-24-20(13-18)25(29-16-28-24)27-14-21(17-7-3-2-4-8-17)22-15-26-23-10-6-5-9-19(22)23/h2-13,15-16,21,26H,14H2,1H3,(H,27,28,29). The van der Waals surface area contributed by atoms with Gasteiger partial charge in [-0.2, -0.15) is 0 Å². The number of rotatable bonds is 6. The van der Waals surface area contributed by atoms with Gasteiger partial charge in [0.1, 0.15) is 12.1 Å². The molecule has 160 valence electrons. The zero-order chi connectivity index (χ0) is 22.1. The van der Waals surface area contributed by atoms with Gasteiger partial charge >= 0.3 is 0 Å². The van der Waals surface area contributed by atoms with E-state index in [4.69, 9.17) is 0 Å². The van der Waals surface area contributed by atoms with Gasteiger partial charge in [-0.15, -0.1) is 0 Å². The smallest absolute Gasteiger partial charge is 0.175 e. The number of H-pyrrole nitrogens is 1. The first-order valence-electron chi connectivity index (χ1n) is 10.3. The summed E-state index contributed by atoms with van der Waals surface area (Å²) in [5.41, 5.74) is 4.15. The zero-order valence-electron chi connectivity index (χ0n) is 17.5. The molecule has 0 saturated carbocycles. The van der Waals surface area contributed by atoms with E-state index in [0.29, 0.717) is 23.3 Å². The number of nitrogens with one attached hydrogen (secondary N) is 2. The minimum absolute atomic E-state index is 0.0652. The van der Waals surface area contributed by atoms with E-state index >= 15 is 0 Å². The predicted molar refractivity (Wildman–Crippen MR) is 128 cm³/mol. The number of aromatic amines is 1. The molecule has 0 saturated heterocycles. The summed E-state index contributed by atoms with van der Waals surface area (Å²) in [6.07, 6.45) is 4.76. The van der Waals surface area contributed by atoms with Crippen LogP contribution in [0.1, 0.15) is 17.0 Å². The molecule has 0 aliphatic carbocycles. The lowest BCUT2D eigenvalue weighted by Crippen LogP contribution is -2.15. The van der Waals surface area contributed by atoms with Gasteiger partial charge in [-0.25, -0.2) is 18.4 Å². The number of aromatic nitrogens is 3. The molecule has 2 heterocycles. The highest BCUT2D eigenvalue weighted by atomic mass is 32.2. The fourth-order valence-electron chi connectivity index (χ4n) is 4.08. The topological polar surface area (TPSA) is 87.7 Å². The van der Waals surface area contributed by atoms with E-state index in [0.717, 1.165) is 5.52 Å². The number of sulfone groups is 1. The van der Waals surface area contributed by atoms with Crippen molar-refractivity contribution in [2.75, 3.05) is 18.1 Å². The van der Waals surface area contributed by atoms with Crippen molar-refractivity contribution in [3.8, 4) is 0 Å². The fraction of sp³-hybridized carbons (Fsp3) is 0.120. The molecule has 3 aromatic carbocycles. The SMILES string of the molecule is CS(=O)(=O)c1ccc2ncnc(NCC(c3ccccc3)c3c[nH]c4ccccc34)c2c1. The largest absolute Gasteiger partial charge is 0.369 e. The number of benzene rings is 3. The molecule has 2 N–H and O–H groups in total. The first-order chi connectivity index (χ1) is 15.5. The molecule has 2 aromatic heterocycles. The lowest BCUT2D eigenvalue weighted by Gasteiger charge is -2.19. The van der Waals surface area contributed by atoms with Gasteiger partial charge in [0.15, 0.2) is 9.84 Å². The van der Waals surface area contributed by atoms with E-state index in [1.165, 1.54) is 29.1 Å². The van der Waals surface area contributed by atoms with Crippen molar-refractivity contribution in [1.82, 2.24) is 15.0 Å². The van der Waals surface area contributed by atoms with Crippen LogP contribution in [0.2, 0.25) is 0 Å². The van der Waals surface area contributed by atoms with Crippen molar-refractivity contribution < 1.29 is 8.42 Å². The number of hydrogen-bond donors (Lipinski definition) is 2. The molecule has 5 rings (SSSR count). The average molecular weight is 443 g/mol. The van der Waals surface area contributed by atoms with Gasteiger partial charge in [-0.3, -0.25) is 0 Å². The minimum Gasteiger partial charge on any atom is -0.369 e. The summed E-state index contributed by atoms with van der Waals surface area (Å²) >= 11 is 0. The molecular formula is C25H22N4O2S. The summed E-state index contributed by atoms with van der Waals surface area (Å²) in [7, 11) is -3.33. The van der Waals surface area contributed by atoms with E-state index in [1.807, 2.05) is 30.3 Å². The molecule has 6 nitrogen and oxygen atoms in total. The molecule has 7 heteroatoms. The van der Waals surface area contributed by atoms with Crippen molar-refractivity contribution in [2.45, 2.75) is 10.8 Å². The summed E-state index contributed by atoms with van der Waals surface area (Å²) in [5, 5.41) is 5.32. The molecule has 5 aromatic rings. The maximum absolute atomic E-state index is 12.1. The zero-order valence-corrected chi connectivity index (χ0v) is 18.3. The minimum atomic E-state index is -3.33. The Morgan fingerprint density at radius 3 is 2.53 bits per heavy atom. The summed E-state index contributed by atoms with van der Waals surface area (Å²) in [4.78, 5) is 12.3. The molecule has 0 aliphatic rings. The third-order valence-electron chi connectivity index (χ3n) is 5.71. The quantitative estimate of drug-likeness (QED) is 0.396. The van der Waals surface area contributed by atoms with E-state index in [2.05, 4.69) is 50.7 Å². The van der Waals surface area contributed by atoms with Gasteiger partial charge in [0.05, 0.1) is 10.4 Å². The van der Waals surface area contributed by atoms with Crippen LogP contribution in [0.25, 0.3) is 21.8 Å². The Kier molecular flexibility index (Phi) is 5.11. The van der Waals surface area contributed by atoms with Crippen LogP contribution in [0, 0.1) is 0 Å². The second kappa shape index (κ2) is 8.09. The molecule has 0 aliphatic heterocycles. The monoisotopic (exact) mass is 442 g/mol. The van der Waals surface area contributed by atoms with Gasteiger partial charge in [0.2, 0.25) is 0 Å². The van der Waals surface area contributed by atoms with Crippen LogP contribution in [-0.2, 0) is 9.84 Å². The Hall–Kier alpha value is -3.71. The van der Waals surface area contributed by atoms with Crippen molar-refractivity contribution in [2.24, 2.45) is 0 Å². The lowest BCUT2D eigenvalue weighted by atomic mass is 9.91. The van der Waals surface area contributed by atoms with Crippen LogP contribution in [0.4, 0.5) is 5.82 Å². The third-order valence-corrected chi connectivity index (χ3v) is 6.82. The maximum Gasteiger partial charge on any atom is 0.175 e. The van der Waals surface area contributed by atoms with E-state index in [-0.39, 0.29) is 10.8 Å². The lowest BCUT2D eigenvalue weighted by molar-refractivity contribution is 0.602. The normalized spacial score (nSPS) is 12.8. The van der Waals surface area contributed by atoms with Crippen LogP contribution >= 0.6 is 0 Å². The highest BCUT2D eigenvalue weighted by molar-refractivity contribution is 7.90. The summed E-state index contributed by atoms with van der Waals surface area (Å²) in [6, 6.07) is 23.5. The summed E-state index contributed by atoms with van der Waals surface area (Å²) < 4.78 is 24.1. The van der Waals surface area contributed by atoms with Crippen molar-refractivity contribution in [3.05, 3.63) is 96.4 Å². The Bertz CT molecular complexity index is 1510. The molecule has 0 bridgehead atoms. The first kappa shape index (κ1) is 20.2. The molecule has 1 atom stereocenters. The first-order valence-corrected chi connectivity index (χ1v) is 12.2. The average Bonchev–Trinajstić information content (AvgIpc) is 3.23. The predicted octanol–water partition coefficient (Wildman–Crippen LogP) is 4.76. The maximum atomic E-state index is 12.1. The van der Waals surface area contributed by atoms with Gasteiger partial charge < -0.3 is 10.3 Å². The van der Waals surface area contributed by atoms with Gasteiger partial charge in [0.25, 0.3) is 0 Å². The fourth-order valence-corrected chi connectivity index (χ4v) is 4.73. The van der Waals surface area contributed by atoms with Crippen LogP contribution in [-0.4, -0.2) is 36.2 Å². The Morgan fingerprint density at radius 2 is 1.72 bits per heavy atom. The van der Waals surface area contributed by atoms with Crippen molar-refractivity contribution in [1.29, 1.82) is 0 Å². The molecule has 1 unspecified atom stereocenters. The van der Waals surface area contributed by atoms with Crippen LogP contribution in [0.5, 0.6) is 0 Å². The second-order valence-electron chi connectivity index (χ2n) is 7.81. The number of anilines is 1. The molecule has 0 fully saturated rings. The third kappa shape index (κ3) is 3.83. The van der Waals surface area contributed by atoms with Gasteiger partial charge in [-0.05, 0) is 35.4 Å². The van der Waals surface area contributed by atoms with Crippen molar-refractivity contribution in [3.63, 3.8) is 0 Å². The highest BCUT2D eigenvalue weighted by Gasteiger charge is 2.19. The Morgan fingerprint density at radius 1 is 0.938 bits per heavy atom. The van der Waals surface area contributed by atoms with E-state index in [1.54, 1.807) is 18.2 Å². The number of para-hydroxylation sites is 1. The summed E-state index contributed by atoms with van der Waals surface area (Å²) in [5.74, 6) is 0.678. The molecule has 0 spiro atoms. The van der Waals surface area contributed by atoms with Crippen LogP contribution in [0.15, 0.2) is 90.2 Å². The second-order valence-corrected chi connectivity index (χ2v) is 9.82.